The Kier molecular flexibility index (Phi) is 2.67. The molecule has 2 saturated carbocycles. The topological polar surface area (TPSA) is 54.0 Å². The third-order valence-electron chi connectivity index (χ3n) is 4.34. The van der Waals surface area contributed by atoms with Crippen molar-refractivity contribution in [3.05, 3.63) is 22.3 Å². The number of amides is 1. The summed E-state index contributed by atoms with van der Waals surface area (Å²) in [5.74, 6) is 2.12. The number of nitrogens with one attached hydrogen (secondary N) is 2. The molecule has 5 heteroatoms. The first kappa shape index (κ1) is 11.9. The molecule has 19 heavy (non-hydrogen) atoms. The number of aromatic nitrogens is 1. The highest BCUT2D eigenvalue weighted by molar-refractivity contribution is 9.10. The Labute approximate surface area is 120 Å². The van der Waals surface area contributed by atoms with Gasteiger partial charge in [-0.3, -0.25) is 4.79 Å². The van der Waals surface area contributed by atoms with Gasteiger partial charge < -0.3 is 10.6 Å². The maximum absolute atomic E-state index is 12.3. The minimum Gasteiger partial charge on any atom is -0.309 e. The Morgan fingerprint density at radius 3 is 2.89 bits per heavy atom. The molecule has 1 aliphatic heterocycles. The molecule has 2 N–H and O–H groups in total. The first-order valence-electron chi connectivity index (χ1n) is 6.94. The van der Waals surface area contributed by atoms with Crippen LogP contribution in [0.2, 0.25) is 0 Å². The fraction of sp³-hybridized carbons (Fsp3) is 0.571. The molecule has 0 spiro atoms. The van der Waals surface area contributed by atoms with Gasteiger partial charge in [0, 0.05) is 6.04 Å². The molecule has 3 aliphatic rings. The van der Waals surface area contributed by atoms with E-state index < -0.39 is 0 Å². The van der Waals surface area contributed by atoms with Gasteiger partial charge in [0.05, 0.1) is 6.04 Å². The Balaban J connectivity index is 1.52. The minimum absolute atomic E-state index is 0.0309. The largest absolute Gasteiger partial charge is 0.309 e. The SMILES string of the molecule is O=C(Nc1nc(Br)ccc1C1CC1)C1CC2CC2N1. The van der Waals surface area contributed by atoms with E-state index in [4.69, 9.17) is 0 Å². The molecule has 3 atom stereocenters. The van der Waals surface area contributed by atoms with Crippen LogP contribution in [-0.4, -0.2) is 23.0 Å². The zero-order valence-electron chi connectivity index (χ0n) is 10.5. The van der Waals surface area contributed by atoms with Crippen molar-refractivity contribution in [1.29, 1.82) is 0 Å². The Bertz CT molecular complexity index is 533. The number of hydrogen-bond donors (Lipinski definition) is 2. The van der Waals surface area contributed by atoms with Crippen LogP contribution in [0.15, 0.2) is 16.7 Å². The number of rotatable bonds is 3. The summed E-state index contributed by atoms with van der Waals surface area (Å²) in [6, 6.07) is 4.58. The summed E-state index contributed by atoms with van der Waals surface area (Å²) in [4.78, 5) is 16.7. The summed E-state index contributed by atoms with van der Waals surface area (Å²) in [7, 11) is 0. The van der Waals surface area contributed by atoms with Crippen molar-refractivity contribution in [1.82, 2.24) is 10.3 Å². The molecule has 2 aliphatic carbocycles. The number of halogens is 1. The molecule has 0 radical (unpaired) electrons. The van der Waals surface area contributed by atoms with E-state index in [1.165, 1.54) is 24.8 Å². The highest BCUT2D eigenvalue weighted by Gasteiger charge is 2.48. The van der Waals surface area contributed by atoms with E-state index in [-0.39, 0.29) is 11.9 Å². The highest BCUT2D eigenvalue weighted by Crippen LogP contribution is 2.44. The quantitative estimate of drug-likeness (QED) is 0.841. The molecule has 1 saturated heterocycles. The summed E-state index contributed by atoms with van der Waals surface area (Å²) >= 11 is 3.38. The molecule has 2 heterocycles. The van der Waals surface area contributed by atoms with E-state index in [2.05, 4.69) is 37.6 Å². The van der Waals surface area contributed by atoms with Crippen LogP contribution in [0.5, 0.6) is 0 Å². The number of piperidine rings is 1. The molecule has 3 fully saturated rings. The summed E-state index contributed by atoms with van der Waals surface area (Å²) < 4.78 is 0.773. The van der Waals surface area contributed by atoms with Crippen LogP contribution in [-0.2, 0) is 4.79 Å². The first-order valence-corrected chi connectivity index (χ1v) is 7.73. The predicted octanol–water partition coefficient (Wildman–Crippen LogP) is 2.41. The van der Waals surface area contributed by atoms with Gasteiger partial charge in [-0.15, -0.1) is 0 Å². The van der Waals surface area contributed by atoms with E-state index in [9.17, 15) is 4.79 Å². The number of pyridine rings is 1. The summed E-state index contributed by atoms with van der Waals surface area (Å²) in [5, 5.41) is 6.39. The fourth-order valence-electron chi connectivity index (χ4n) is 3.00. The second-order valence-corrected chi connectivity index (χ2v) is 6.71. The predicted molar refractivity (Wildman–Crippen MR) is 76.0 cm³/mol. The lowest BCUT2D eigenvalue weighted by molar-refractivity contribution is -0.118. The lowest BCUT2D eigenvalue weighted by atomic mass is 10.1. The maximum atomic E-state index is 12.3. The van der Waals surface area contributed by atoms with Crippen molar-refractivity contribution in [2.75, 3.05) is 5.32 Å². The van der Waals surface area contributed by atoms with Crippen molar-refractivity contribution in [2.24, 2.45) is 5.92 Å². The third kappa shape index (κ3) is 2.30. The zero-order chi connectivity index (χ0) is 13.0. The lowest BCUT2D eigenvalue weighted by Gasteiger charge is -2.15. The normalized spacial score (nSPS) is 31.9. The van der Waals surface area contributed by atoms with Crippen molar-refractivity contribution >= 4 is 27.7 Å². The molecule has 1 aromatic rings. The van der Waals surface area contributed by atoms with Gasteiger partial charge >= 0.3 is 0 Å². The van der Waals surface area contributed by atoms with Crippen molar-refractivity contribution in [3.63, 3.8) is 0 Å². The standard InChI is InChI=1S/C14H16BrN3O/c15-12-4-3-9(7-1-2-7)13(17-12)18-14(19)11-6-8-5-10(8)16-11/h3-4,7-8,10-11,16H,1-2,5-6H2,(H,17,18,19). The average molecular weight is 322 g/mol. The van der Waals surface area contributed by atoms with Gasteiger partial charge in [-0.1, -0.05) is 6.07 Å². The molecular weight excluding hydrogens is 306 g/mol. The van der Waals surface area contributed by atoms with Crippen LogP contribution in [0.3, 0.4) is 0 Å². The van der Waals surface area contributed by atoms with Crippen LogP contribution in [0.25, 0.3) is 0 Å². The first-order chi connectivity index (χ1) is 9.20. The van der Waals surface area contributed by atoms with Crippen LogP contribution in [0.4, 0.5) is 5.82 Å². The number of fused-ring (bicyclic) bond motifs is 1. The van der Waals surface area contributed by atoms with Crippen molar-refractivity contribution in [2.45, 2.75) is 43.7 Å². The Morgan fingerprint density at radius 2 is 2.21 bits per heavy atom. The molecule has 3 unspecified atom stereocenters. The molecule has 1 amide bonds. The monoisotopic (exact) mass is 321 g/mol. The molecule has 0 bridgehead atoms. The highest BCUT2D eigenvalue weighted by atomic mass is 79.9. The summed E-state index contributed by atoms with van der Waals surface area (Å²) in [5.41, 5.74) is 1.18. The van der Waals surface area contributed by atoms with Crippen LogP contribution < -0.4 is 10.6 Å². The molecule has 0 aromatic carbocycles. The van der Waals surface area contributed by atoms with Gasteiger partial charge in [0.2, 0.25) is 5.91 Å². The number of nitrogens with zero attached hydrogens (tertiary/aromatic N) is 1. The molecular formula is C14H16BrN3O. The van der Waals surface area contributed by atoms with Crippen LogP contribution in [0.1, 0.15) is 37.2 Å². The molecule has 4 nitrogen and oxygen atoms in total. The number of carbonyl (C=O) groups excluding carboxylic acids is 1. The van der Waals surface area contributed by atoms with Gasteiger partial charge in [-0.05, 0) is 65.1 Å². The molecule has 100 valence electrons. The molecule has 1 aromatic heterocycles. The number of hydrogen-bond acceptors (Lipinski definition) is 3. The van der Waals surface area contributed by atoms with Crippen molar-refractivity contribution in [3.8, 4) is 0 Å². The zero-order valence-corrected chi connectivity index (χ0v) is 12.1. The smallest absolute Gasteiger partial charge is 0.242 e. The Morgan fingerprint density at radius 1 is 1.37 bits per heavy atom. The number of anilines is 1. The number of carbonyl (C=O) groups is 1. The third-order valence-corrected chi connectivity index (χ3v) is 4.79. The van der Waals surface area contributed by atoms with E-state index in [1.807, 2.05) is 6.07 Å². The Hall–Kier alpha value is -0.940. The molecule has 4 rings (SSSR count). The van der Waals surface area contributed by atoms with Gasteiger partial charge in [0.15, 0.2) is 0 Å². The van der Waals surface area contributed by atoms with Crippen LogP contribution in [0, 0.1) is 5.92 Å². The summed E-state index contributed by atoms with van der Waals surface area (Å²) in [6.45, 7) is 0. The second kappa shape index (κ2) is 4.28. The van der Waals surface area contributed by atoms with Gasteiger partial charge in [-0.25, -0.2) is 4.98 Å². The van der Waals surface area contributed by atoms with E-state index in [0.29, 0.717) is 12.0 Å². The van der Waals surface area contributed by atoms with Gasteiger partial charge in [-0.2, -0.15) is 0 Å². The maximum Gasteiger partial charge on any atom is 0.242 e. The van der Waals surface area contributed by atoms with Crippen LogP contribution >= 0.6 is 15.9 Å². The van der Waals surface area contributed by atoms with E-state index in [0.717, 1.165) is 22.8 Å². The minimum atomic E-state index is -0.0309. The fourth-order valence-corrected chi connectivity index (χ4v) is 3.31. The van der Waals surface area contributed by atoms with E-state index >= 15 is 0 Å². The van der Waals surface area contributed by atoms with Gasteiger partial charge in [0.25, 0.3) is 0 Å². The average Bonchev–Trinajstić information content (AvgIpc) is 3.30. The van der Waals surface area contributed by atoms with Gasteiger partial charge in [0.1, 0.15) is 10.4 Å². The second-order valence-electron chi connectivity index (χ2n) is 5.89. The van der Waals surface area contributed by atoms with E-state index in [1.54, 1.807) is 0 Å². The summed E-state index contributed by atoms with van der Waals surface area (Å²) in [6.07, 6.45) is 4.63. The lowest BCUT2D eigenvalue weighted by Crippen LogP contribution is -2.38. The van der Waals surface area contributed by atoms with Crippen molar-refractivity contribution < 1.29 is 4.79 Å².